The summed E-state index contributed by atoms with van der Waals surface area (Å²) in [5.74, 6) is -2.77. The van der Waals surface area contributed by atoms with Gasteiger partial charge >= 0.3 is 6.09 Å². The monoisotopic (exact) mass is 788 g/mol. The normalized spacial score (nSPS) is 25.7. The van der Waals surface area contributed by atoms with Crippen molar-refractivity contribution in [2.75, 3.05) is 13.7 Å². The molecule has 17 heteroatoms. The lowest BCUT2D eigenvalue weighted by atomic mass is 10.1. The standard InChI is InChI=1S/C39H41FN6O9S/c1-53-38(50)41-28-13-9-4-2-3-8-12-23-20-39(23,37(49)45-56(51,52)26-15-16-26)44-34(47)29-19-25(21-46(29)36(28)48)54-35-32-31(27-18-24(40)14-17-30(27)55-32)42-33(43-35)22-10-6-5-7-11-22/h5-8,10-12,14,17-18,23,25-26,28-29H,2-4,9,13,15-16,19-21H2,1H3,(H,41,50)(H,44,47)(H,45,49)/t23-,25-,28+,29+,39-/m1/s1. The number of fused-ring (bicyclic) bond motifs is 5. The molecule has 2 aromatic carbocycles. The molecule has 2 saturated carbocycles. The second-order valence-corrected chi connectivity index (χ2v) is 16.8. The Labute approximate surface area is 321 Å². The molecule has 294 valence electrons. The zero-order chi connectivity index (χ0) is 39.2. The molecule has 1 saturated heterocycles. The number of nitrogens with zero attached hydrogens (tertiary/aromatic N) is 3. The summed E-state index contributed by atoms with van der Waals surface area (Å²) in [7, 11) is -2.74. The summed E-state index contributed by atoms with van der Waals surface area (Å²) < 4.78 is 59.8. The highest BCUT2D eigenvalue weighted by Crippen LogP contribution is 2.46. The number of nitrogens with one attached hydrogen (secondary N) is 3. The first-order chi connectivity index (χ1) is 27.0. The van der Waals surface area contributed by atoms with Crippen LogP contribution in [0.3, 0.4) is 0 Å². The van der Waals surface area contributed by atoms with Crippen molar-refractivity contribution in [3.8, 4) is 17.3 Å². The van der Waals surface area contributed by atoms with Crippen molar-refractivity contribution < 1.29 is 45.9 Å². The minimum absolute atomic E-state index is 0.00354. The number of benzene rings is 2. The van der Waals surface area contributed by atoms with E-state index in [9.17, 15) is 32.0 Å². The Hall–Kier alpha value is -5.58. The fraction of sp³-hybridized carbons (Fsp3) is 0.436. The van der Waals surface area contributed by atoms with E-state index in [1.807, 2.05) is 30.4 Å². The molecule has 15 nitrogen and oxygen atoms in total. The van der Waals surface area contributed by atoms with Crippen LogP contribution >= 0.6 is 0 Å². The third-order valence-electron chi connectivity index (χ3n) is 10.9. The summed E-state index contributed by atoms with van der Waals surface area (Å²) >= 11 is 0. The van der Waals surface area contributed by atoms with Crippen LogP contribution in [0.15, 0.2) is 65.1 Å². The molecule has 5 atom stereocenters. The van der Waals surface area contributed by atoms with Gasteiger partial charge in [0.25, 0.3) is 11.8 Å². The predicted octanol–water partition coefficient (Wildman–Crippen LogP) is 4.26. The number of carbonyl (C=O) groups excluding carboxylic acids is 4. The highest BCUT2D eigenvalue weighted by molar-refractivity contribution is 7.91. The third kappa shape index (κ3) is 7.39. The fourth-order valence-corrected chi connectivity index (χ4v) is 8.96. The third-order valence-corrected chi connectivity index (χ3v) is 12.7. The second kappa shape index (κ2) is 14.8. The van der Waals surface area contributed by atoms with E-state index in [4.69, 9.17) is 18.9 Å². The minimum atomic E-state index is -3.93. The first-order valence-corrected chi connectivity index (χ1v) is 20.3. The van der Waals surface area contributed by atoms with Crippen molar-refractivity contribution in [2.45, 2.75) is 86.8 Å². The highest BCUT2D eigenvalue weighted by atomic mass is 32.2. The van der Waals surface area contributed by atoms with Crippen molar-refractivity contribution in [1.82, 2.24) is 30.2 Å². The van der Waals surface area contributed by atoms with Crippen molar-refractivity contribution in [3.63, 3.8) is 0 Å². The summed E-state index contributed by atoms with van der Waals surface area (Å²) in [4.78, 5) is 65.7. The fourth-order valence-electron chi connectivity index (χ4n) is 7.59. The Morgan fingerprint density at radius 3 is 2.62 bits per heavy atom. The van der Waals surface area contributed by atoms with Gasteiger partial charge in [0, 0.05) is 23.3 Å². The van der Waals surface area contributed by atoms with Gasteiger partial charge in [-0.25, -0.2) is 22.6 Å². The van der Waals surface area contributed by atoms with Gasteiger partial charge in [-0.15, -0.1) is 0 Å². The maximum absolute atomic E-state index is 14.5. The van der Waals surface area contributed by atoms with Crippen LogP contribution in [0.25, 0.3) is 33.5 Å². The van der Waals surface area contributed by atoms with E-state index in [0.29, 0.717) is 47.7 Å². The zero-order valence-corrected chi connectivity index (χ0v) is 31.3. The Balaban J connectivity index is 1.15. The number of rotatable bonds is 7. The average Bonchev–Trinajstić information content (AvgIpc) is 4.09. The number of alkyl carbamates (subject to hydrolysis) is 1. The molecule has 0 spiro atoms. The molecule has 2 aliphatic carbocycles. The quantitative estimate of drug-likeness (QED) is 0.226. The summed E-state index contributed by atoms with van der Waals surface area (Å²) in [6, 6.07) is 10.9. The van der Waals surface area contributed by atoms with Crippen LogP contribution in [0, 0.1) is 11.7 Å². The van der Waals surface area contributed by atoms with E-state index < -0.39 is 74.5 Å². The number of methoxy groups -OCH3 is 1. The van der Waals surface area contributed by atoms with Gasteiger partial charge in [0.15, 0.2) is 5.82 Å². The molecule has 56 heavy (non-hydrogen) atoms. The van der Waals surface area contributed by atoms with Gasteiger partial charge in [-0.1, -0.05) is 55.3 Å². The summed E-state index contributed by atoms with van der Waals surface area (Å²) in [5.41, 5.74) is -0.128. The first kappa shape index (κ1) is 37.3. The van der Waals surface area contributed by atoms with Crippen molar-refractivity contribution in [1.29, 1.82) is 0 Å². The number of carbonyl (C=O) groups is 4. The van der Waals surface area contributed by atoms with Gasteiger partial charge < -0.3 is 29.4 Å². The lowest BCUT2D eigenvalue weighted by Gasteiger charge is -2.29. The van der Waals surface area contributed by atoms with Gasteiger partial charge in [0.1, 0.15) is 40.6 Å². The molecule has 2 aromatic heterocycles. The number of hydrogen-bond donors (Lipinski definition) is 3. The Morgan fingerprint density at radius 2 is 1.86 bits per heavy atom. The molecule has 4 heterocycles. The van der Waals surface area contributed by atoms with Crippen molar-refractivity contribution in [3.05, 3.63) is 66.5 Å². The van der Waals surface area contributed by atoms with Crippen LogP contribution in [0.4, 0.5) is 9.18 Å². The summed E-state index contributed by atoms with van der Waals surface area (Å²) in [5, 5.41) is 5.20. The van der Waals surface area contributed by atoms with E-state index in [1.54, 1.807) is 12.1 Å². The smallest absolute Gasteiger partial charge is 0.407 e. The largest absolute Gasteiger partial charge is 0.470 e. The zero-order valence-electron chi connectivity index (χ0n) is 30.5. The minimum Gasteiger partial charge on any atom is -0.470 e. The van der Waals surface area contributed by atoms with Crippen molar-refractivity contribution in [2.24, 2.45) is 5.92 Å². The highest BCUT2D eigenvalue weighted by Gasteiger charge is 2.62. The van der Waals surface area contributed by atoms with Crippen LogP contribution < -0.4 is 20.1 Å². The van der Waals surface area contributed by atoms with Crippen LogP contribution in [-0.2, 0) is 29.1 Å². The molecule has 4 aromatic rings. The van der Waals surface area contributed by atoms with E-state index in [1.165, 1.54) is 30.2 Å². The molecule has 0 radical (unpaired) electrons. The number of aromatic nitrogens is 2. The van der Waals surface area contributed by atoms with E-state index in [2.05, 4.69) is 20.3 Å². The lowest BCUT2D eigenvalue weighted by Crippen LogP contribution is -2.58. The van der Waals surface area contributed by atoms with Gasteiger partial charge in [0.2, 0.25) is 27.4 Å². The molecule has 3 fully saturated rings. The molecular formula is C39H41FN6O9S. The van der Waals surface area contributed by atoms with Crippen LogP contribution in [-0.4, -0.2) is 89.7 Å². The number of ether oxygens (including phenoxy) is 2. The maximum Gasteiger partial charge on any atom is 0.407 e. The number of furan rings is 1. The maximum atomic E-state index is 14.5. The summed E-state index contributed by atoms with van der Waals surface area (Å²) in [6.07, 6.45) is 6.08. The topological polar surface area (TPSA) is 199 Å². The van der Waals surface area contributed by atoms with Gasteiger partial charge in [-0.05, 0) is 56.7 Å². The van der Waals surface area contributed by atoms with Gasteiger partial charge in [-0.3, -0.25) is 19.1 Å². The molecule has 3 N–H and O–H groups in total. The molecule has 8 rings (SSSR count). The van der Waals surface area contributed by atoms with Crippen LogP contribution in [0.5, 0.6) is 5.88 Å². The molecule has 4 aliphatic rings. The summed E-state index contributed by atoms with van der Waals surface area (Å²) in [6.45, 7) is -0.129. The predicted molar refractivity (Wildman–Crippen MR) is 200 cm³/mol. The Bertz CT molecular complexity index is 2350. The van der Waals surface area contributed by atoms with Crippen molar-refractivity contribution >= 4 is 55.9 Å². The molecular weight excluding hydrogens is 748 g/mol. The van der Waals surface area contributed by atoms with Gasteiger partial charge in [0.05, 0.1) is 18.9 Å². The molecule has 2 aliphatic heterocycles. The molecule has 0 unspecified atom stereocenters. The lowest BCUT2D eigenvalue weighted by molar-refractivity contribution is -0.141. The number of halogens is 1. The number of sulfonamides is 1. The number of hydrogen-bond acceptors (Lipinski definition) is 11. The second-order valence-electron chi connectivity index (χ2n) is 14.8. The van der Waals surface area contributed by atoms with E-state index >= 15 is 0 Å². The Morgan fingerprint density at radius 1 is 1.05 bits per heavy atom. The molecule has 0 bridgehead atoms. The number of allylic oxidation sites excluding steroid dienone is 1. The van der Waals surface area contributed by atoms with E-state index in [0.717, 1.165) is 12.8 Å². The molecule has 4 amide bonds. The van der Waals surface area contributed by atoms with Gasteiger partial charge in [-0.2, -0.15) is 4.98 Å². The van der Waals surface area contributed by atoms with E-state index in [-0.39, 0.29) is 43.1 Å². The SMILES string of the molecule is COC(=O)N[C@H]1CCCCCC=C[C@@H]2C[C@@]2(C(=O)NS(=O)(=O)C2CC2)NC(=O)[C@@H]2C[C@@H](Oc3nc(-c4ccccc4)nc4c3oc3ccc(F)cc34)CN2C1=O. The number of amides is 4. The first-order valence-electron chi connectivity index (χ1n) is 18.8. The van der Waals surface area contributed by atoms with Crippen LogP contribution in [0.1, 0.15) is 57.8 Å². The van der Waals surface area contributed by atoms with Crippen LogP contribution in [0.2, 0.25) is 0 Å². The Kier molecular flexibility index (Phi) is 9.88. The average molecular weight is 789 g/mol.